The van der Waals surface area contributed by atoms with Crippen molar-refractivity contribution in [2.75, 3.05) is 13.2 Å². The summed E-state index contributed by atoms with van der Waals surface area (Å²) < 4.78 is 21.4. The lowest BCUT2D eigenvalue weighted by Crippen LogP contribution is -2.24. The number of benzene rings is 3. The molecule has 0 aliphatic heterocycles. The number of unbranched alkanes of at least 4 members (excludes halogenated alkanes) is 2. The molecule has 0 saturated carbocycles. The summed E-state index contributed by atoms with van der Waals surface area (Å²) in [6.45, 7) is 4.63. The van der Waals surface area contributed by atoms with E-state index in [0.717, 1.165) is 62.5 Å². The normalized spacial score (nSPS) is 13.7. The molecule has 2 N–H and O–H groups in total. The topological polar surface area (TPSA) is 58.6 Å². The monoisotopic (exact) mass is 659 g/mol. The number of fused-ring (bicyclic) bond motifs is 1. The number of carbonyl (C=O) groups is 1. The molecule has 0 aliphatic carbocycles. The minimum absolute atomic E-state index is 0.0231. The van der Waals surface area contributed by atoms with Gasteiger partial charge in [0.2, 0.25) is 0 Å². The van der Waals surface area contributed by atoms with Gasteiger partial charge >= 0.3 is 5.97 Å². The SMILES string of the molecule is CCCCCC(c1ccc(C(O)NCCC(=O)OCC)cc1)C(c1ccc(Cl)cc1)c1csc2c(Br)cc(F)cc12. The van der Waals surface area contributed by atoms with Crippen molar-refractivity contribution >= 4 is 54.9 Å². The van der Waals surface area contributed by atoms with Gasteiger partial charge < -0.3 is 9.84 Å². The van der Waals surface area contributed by atoms with Crippen LogP contribution in [0, 0.1) is 5.82 Å². The standard InChI is InChI=1S/C33H36BrClFNO3S/c1-3-5-6-7-26(21-8-10-23(11-9-21)33(39)37-17-16-30(38)40-4-2)31(22-12-14-24(35)15-13-22)28-20-41-32-27(28)18-25(36)19-29(32)34/h8-15,18-20,26,31,33,37,39H,3-7,16-17H2,1-2H3. The molecule has 3 unspecified atom stereocenters. The largest absolute Gasteiger partial charge is 0.466 e. The van der Waals surface area contributed by atoms with Gasteiger partial charge in [-0.1, -0.05) is 74.2 Å². The molecule has 3 aromatic carbocycles. The molecule has 0 bridgehead atoms. The molecule has 0 amide bonds. The third kappa shape index (κ3) is 8.17. The molecule has 1 heterocycles. The van der Waals surface area contributed by atoms with E-state index in [4.69, 9.17) is 16.3 Å². The van der Waals surface area contributed by atoms with Crippen LogP contribution in [0.3, 0.4) is 0 Å². The van der Waals surface area contributed by atoms with E-state index in [0.29, 0.717) is 18.2 Å². The van der Waals surface area contributed by atoms with E-state index in [2.05, 4.69) is 57.8 Å². The summed E-state index contributed by atoms with van der Waals surface area (Å²) in [7, 11) is 0. The Morgan fingerprint density at radius 1 is 1.05 bits per heavy atom. The highest BCUT2D eigenvalue weighted by atomic mass is 79.9. The van der Waals surface area contributed by atoms with E-state index in [9.17, 15) is 14.3 Å². The molecule has 4 nitrogen and oxygen atoms in total. The third-order valence-electron chi connectivity index (χ3n) is 7.36. The molecular weight excluding hydrogens is 625 g/mol. The van der Waals surface area contributed by atoms with Crippen molar-refractivity contribution in [1.82, 2.24) is 5.32 Å². The van der Waals surface area contributed by atoms with Gasteiger partial charge in [-0.15, -0.1) is 11.3 Å². The summed E-state index contributed by atoms with van der Waals surface area (Å²) in [4.78, 5) is 11.6. The summed E-state index contributed by atoms with van der Waals surface area (Å²) >= 11 is 11.5. The zero-order chi connectivity index (χ0) is 29.4. The second-order valence-electron chi connectivity index (χ2n) is 10.2. The van der Waals surface area contributed by atoms with E-state index < -0.39 is 6.23 Å². The number of aliphatic hydroxyl groups is 1. The first-order valence-electron chi connectivity index (χ1n) is 14.1. The molecule has 218 valence electrons. The lowest BCUT2D eigenvalue weighted by molar-refractivity contribution is -0.143. The molecule has 0 spiro atoms. The van der Waals surface area contributed by atoms with Gasteiger partial charge in [0.15, 0.2) is 0 Å². The van der Waals surface area contributed by atoms with Gasteiger partial charge in [0.25, 0.3) is 0 Å². The summed E-state index contributed by atoms with van der Waals surface area (Å²) in [5, 5.41) is 17.4. The Labute approximate surface area is 259 Å². The number of hydrogen-bond acceptors (Lipinski definition) is 5. The highest BCUT2D eigenvalue weighted by Crippen LogP contribution is 2.47. The Bertz CT molecular complexity index is 1430. The Kier molecular flexibility index (Phi) is 11.8. The summed E-state index contributed by atoms with van der Waals surface area (Å²) in [6, 6.07) is 19.2. The number of nitrogens with one attached hydrogen (secondary N) is 1. The molecule has 0 aliphatic rings. The highest BCUT2D eigenvalue weighted by molar-refractivity contribution is 9.10. The van der Waals surface area contributed by atoms with E-state index >= 15 is 0 Å². The van der Waals surface area contributed by atoms with Crippen LogP contribution in [0.2, 0.25) is 5.02 Å². The number of carbonyl (C=O) groups excluding carboxylic acids is 1. The van der Waals surface area contributed by atoms with Gasteiger partial charge in [0.05, 0.1) is 13.0 Å². The summed E-state index contributed by atoms with van der Waals surface area (Å²) in [6.07, 6.45) is 3.54. The van der Waals surface area contributed by atoms with Gasteiger partial charge in [-0.25, -0.2) is 4.39 Å². The van der Waals surface area contributed by atoms with Gasteiger partial charge in [-0.2, -0.15) is 0 Å². The molecule has 4 aromatic rings. The first-order chi connectivity index (χ1) is 19.8. The Hall–Kier alpha value is -2.29. The Morgan fingerprint density at radius 2 is 1.73 bits per heavy atom. The maximum atomic E-state index is 14.6. The number of thiophene rings is 1. The van der Waals surface area contributed by atoms with Crippen LogP contribution in [0.5, 0.6) is 0 Å². The van der Waals surface area contributed by atoms with Crippen molar-refractivity contribution < 1.29 is 19.0 Å². The maximum absolute atomic E-state index is 14.6. The van der Waals surface area contributed by atoms with Gasteiger partial charge in [-0.3, -0.25) is 10.1 Å². The lowest BCUT2D eigenvalue weighted by Gasteiger charge is -2.29. The summed E-state index contributed by atoms with van der Waals surface area (Å²) in [5.74, 6) is -0.468. The van der Waals surface area contributed by atoms with Crippen LogP contribution in [0.15, 0.2) is 70.5 Å². The van der Waals surface area contributed by atoms with E-state index in [1.807, 2.05) is 24.3 Å². The third-order valence-corrected chi connectivity index (χ3v) is 9.55. The number of rotatable bonds is 14. The molecule has 1 aromatic heterocycles. The first-order valence-corrected chi connectivity index (χ1v) is 16.2. The van der Waals surface area contributed by atoms with Crippen LogP contribution in [-0.4, -0.2) is 24.2 Å². The molecule has 0 fully saturated rings. The number of halogens is 3. The zero-order valence-corrected chi connectivity index (χ0v) is 26.5. The smallest absolute Gasteiger partial charge is 0.307 e. The maximum Gasteiger partial charge on any atom is 0.307 e. The second-order valence-corrected chi connectivity index (χ2v) is 12.3. The molecule has 41 heavy (non-hydrogen) atoms. The first kappa shape index (κ1) is 31.6. The number of hydrogen-bond donors (Lipinski definition) is 2. The fourth-order valence-electron chi connectivity index (χ4n) is 5.35. The van der Waals surface area contributed by atoms with Crippen LogP contribution in [-0.2, 0) is 9.53 Å². The Morgan fingerprint density at radius 3 is 2.41 bits per heavy atom. The van der Waals surface area contributed by atoms with Gasteiger partial charge in [0, 0.05) is 32.0 Å². The Balaban J connectivity index is 1.70. The number of ether oxygens (including phenoxy) is 1. The average Bonchev–Trinajstić information content (AvgIpc) is 3.37. The quantitative estimate of drug-likeness (QED) is 0.0804. The zero-order valence-electron chi connectivity index (χ0n) is 23.3. The second kappa shape index (κ2) is 15.3. The minimum Gasteiger partial charge on any atom is -0.466 e. The molecular formula is C33H36BrClFNO3S. The molecule has 4 rings (SSSR count). The van der Waals surface area contributed by atoms with Crippen molar-refractivity contribution in [3.05, 3.63) is 104 Å². The molecule has 3 atom stereocenters. The van der Waals surface area contributed by atoms with Crippen molar-refractivity contribution in [2.45, 2.75) is 64.0 Å². The summed E-state index contributed by atoms with van der Waals surface area (Å²) in [5.41, 5.74) is 4.10. The fraction of sp³-hybridized carbons (Fsp3) is 0.364. The van der Waals surface area contributed by atoms with E-state index in [1.165, 1.54) is 6.07 Å². The molecule has 0 saturated heterocycles. The van der Waals surface area contributed by atoms with Crippen LogP contribution < -0.4 is 5.32 Å². The predicted octanol–water partition coefficient (Wildman–Crippen LogP) is 9.49. The van der Waals surface area contributed by atoms with Crippen molar-refractivity contribution in [2.24, 2.45) is 0 Å². The molecule has 8 heteroatoms. The van der Waals surface area contributed by atoms with Crippen molar-refractivity contribution in [3.63, 3.8) is 0 Å². The van der Waals surface area contributed by atoms with Gasteiger partial charge in [-0.05, 0) is 87.1 Å². The van der Waals surface area contributed by atoms with Crippen molar-refractivity contribution in [3.8, 4) is 0 Å². The van der Waals surface area contributed by atoms with Crippen LogP contribution in [0.25, 0.3) is 10.1 Å². The molecule has 0 radical (unpaired) electrons. The van der Waals surface area contributed by atoms with Gasteiger partial charge in [0.1, 0.15) is 12.0 Å². The average molecular weight is 661 g/mol. The number of esters is 1. The van der Waals surface area contributed by atoms with Crippen LogP contribution >= 0.6 is 38.9 Å². The lowest BCUT2D eigenvalue weighted by atomic mass is 9.74. The fourth-order valence-corrected chi connectivity index (χ4v) is 7.18. The van der Waals surface area contributed by atoms with Crippen molar-refractivity contribution in [1.29, 1.82) is 0 Å². The highest BCUT2D eigenvalue weighted by Gasteiger charge is 2.29. The minimum atomic E-state index is -0.898. The van der Waals surface area contributed by atoms with Crippen LogP contribution in [0.4, 0.5) is 4.39 Å². The van der Waals surface area contributed by atoms with E-state index in [-0.39, 0.29) is 30.0 Å². The predicted molar refractivity (Wildman–Crippen MR) is 170 cm³/mol. The van der Waals surface area contributed by atoms with Crippen LogP contribution in [0.1, 0.15) is 86.3 Å². The number of aliphatic hydroxyl groups excluding tert-OH is 1. The van der Waals surface area contributed by atoms with E-state index in [1.54, 1.807) is 24.3 Å².